The lowest BCUT2D eigenvalue weighted by atomic mass is 10.2. The number of benzene rings is 1. The van der Waals surface area contributed by atoms with Gasteiger partial charge in [-0.15, -0.1) is 11.3 Å². The van der Waals surface area contributed by atoms with Gasteiger partial charge in [0.1, 0.15) is 4.88 Å². The number of carbonyl (C=O) groups excluding carboxylic acids is 1. The van der Waals surface area contributed by atoms with Gasteiger partial charge in [-0.3, -0.25) is 9.78 Å². The molecule has 2 heterocycles. The third-order valence-corrected chi connectivity index (χ3v) is 4.92. The average molecular weight is 362 g/mol. The average Bonchev–Trinajstić information content (AvgIpc) is 2.80. The Labute approximate surface area is 134 Å². The number of thiophene rings is 1. The van der Waals surface area contributed by atoms with Gasteiger partial charge in [-0.1, -0.05) is 6.07 Å². The number of amides is 1. The van der Waals surface area contributed by atoms with E-state index in [0.717, 1.165) is 25.8 Å². The number of pyridine rings is 1. The summed E-state index contributed by atoms with van der Waals surface area (Å²) in [6, 6.07) is 7.58. The van der Waals surface area contributed by atoms with Crippen molar-refractivity contribution in [1.82, 2.24) is 4.98 Å². The number of hydrogen-bond donors (Lipinski definition) is 2. The molecule has 3 N–H and O–H groups in total. The van der Waals surface area contributed by atoms with Gasteiger partial charge in [-0.05, 0) is 46.6 Å². The number of halogens is 1. The molecular formula is C15H12BrN3OS. The SMILES string of the molecule is Cc1ccc(NC(=O)c2sc3cnccc3c2N)c(Br)c1. The standard InChI is InChI=1S/C15H12BrN3OS/c1-8-2-3-11(10(16)6-8)19-15(20)14-13(17)9-4-5-18-7-12(9)21-14/h2-7H,17H2,1H3,(H,19,20). The van der Waals surface area contributed by atoms with Crippen LogP contribution in [0.15, 0.2) is 41.1 Å². The number of anilines is 2. The van der Waals surface area contributed by atoms with Gasteiger partial charge in [0, 0.05) is 22.3 Å². The first kappa shape index (κ1) is 14.0. The summed E-state index contributed by atoms with van der Waals surface area (Å²) in [5, 5.41) is 3.74. The lowest BCUT2D eigenvalue weighted by Gasteiger charge is -2.07. The van der Waals surface area contributed by atoms with Crippen LogP contribution in [0.4, 0.5) is 11.4 Å². The first-order valence-corrected chi connectivity index (χ1v) is 7.86. The summed E-state index contributed by atoms with van der Waals surface area (Å²) in [5.41, 5.74) is 8.40. The van der Waals surface area contributed by atoms with Gasteiger partial charge in [-0.2, -0.15) is 0 Å². The van der Waals surface area contributed by atoms with Crippen molar-refractivity contribution in [2.24, 2.45) is 0 Å². The highest BCUT2D eigenvalue weighted by Gasteiger charge is 2.17. The Morgan fingerprint density at radius 3 is 2.90 bits per heavy atom. The molecule has 4 nitrogen and oxygen atoms in total. The molecule has 1 aromatic carbocycles. The number of rotatable bonds is 2. The highest BCUT2D eigenvalue weighted by Crippen LogP contribution is 2.34. The fraction of sp³-hybridized carbons (Fsp3) is 0.0667. The van der Waals surface area contributed by atoms with Gasteiger partial charge in [-0.25, -0.2) is 0 Å². The van der Waals surface area contributed by atoms with Gasteiger partial charge in [0.15, 0.2) is 0 Å². The Kier molecular flexibility index (Phi) is 3.65. The number of fused-ring (bicyclic) bond motifs is 1. The normalized spacial score (nSPS) is 10.8. The molecule has 21 heavy (non-hydrogen) atoms. The van der Waals surface area contributed by atoms with Crippen molar-refractivity contribution in [1.29, 1.82) is 0 Å². The highest BCUT2D eigenvalue weighted by atomic mass is 79.9. The molecule has 0 unspecified atom stereocenters. The molecule has 3 aromatic rings. The minimum Gasteiger partial charge on any atom is -0.397 e. The monoisotopic (exact) mass is 361 g/mol. The van der Waals surface area contributed by atoms with Crippen molar-refractivity contribution in [3.05, 3.63) is 51.6 Å². The molecule has 0 atom stereocenters. The second-order valence-corrected chi connectivity index (χ2v) is 6.56. The van der Waals surface area contributed by atoms with Crippen LogP contribution in [0.1, 0.15) is 15.2 Å². The molecule has 0 fully saturated rings. The Bertz CT molecular complexity index is 844. The molecular weight excluding hydrogens is 350 g/mol. The molecule has 0 saturated heterocycles. The van der Waals surface area contributed by atoms with E-state index in [2.05, 4.69) is 26.2 Å². The van der Waals surface area contributed by atoms with Crippen LogP contribution in [0.25, 0.3) is 10.1 Å². The van der Waals surface area contributed by atoms with Crippen LogP contribution < -0.4 is 11.1 Å². The van der Waals surface area contributed by atoms with Gasteiger partial charge in [0.2, 0.25) is 0 Å². The molecule has 0 radical (unpaired) electrons. The largest absolute Gasteiger partial charge is 0.397 e. The number of hydrogen-bond acceptors (Lipinski definition) is 4. The summed E-state index contributed by atoms with van der Waals surface area (Å²) in [6.45, 7) is 1.99. The molecule has 3 rings (SSSR count). The van der Waals surface area contributed by atoms with Crippen molar-refractivity contribution >= 4 is 54.6 Å². The summed E-state index contributed by atoms with van der Waals surface area (Å²) < 4.78 is 1.75. The van der Waals surface area contributed by atoms with Crippen molar-refractivity contribution in [2.75, 3.05) is 11.1 Å². The third-order valence-electron chi connectivity index (χ3n) is 3.11. The van der Waals surface area contributed by atoms with Gasteiger partial charge >= 0.3 is 0 Å². The fourth-order valence-corrected chi connectivity index (χ4v) is 3.62. The number of aromatic nitrogens is 1. The van der Waals surface area contributed by atoms with E-state index >= 15 is 0 Å². The zero-order valence-corrected chi connectivity index (χ0v) is 13.6. The van der Waals surface area contributed by atoms with Crippen LogP contribution in [0.5, 0.6) is 0 Å². The number of aryl methyl sites for hydroxylation is 1. The van der Waals surface area contributed by atoms with Crippen molar-refractivity contribution in [3.63, 3.8) is 0 Å². The molecule has 1 amide bonds. The first-order chi connectivity index (χ1) is 10.1. The number of nitrogens with two attached hydrogens (primary N) is 1. The molecule has 2 aromatic heterocycles. The van der Waals surface area contributed by atoms with E-state index in [4.69, 9.17) is 5.73 Å². The van der Waals surface area contributed by atoms with Crippen LogP contribution in [0.2, 0.25) is 0 Å². The summed E-state index contributed by atoms with van der Waals surface area (Å²) in [7, 11) is 0. The lowest BCUT2D eigenvalue weighted by molar-refractivity contribution is 0.103. The molecule has 0 saturated carbocycles. The maximum atomic E-state index is 12.4. The van der Waals surface area contributed by atoms with E-state index in [-0.39, 0.29) is 5.91 Å². The second kappa shape index (κ2) is 5.46. The maximum Gasteiger partial charge on any atom is 0.267 e. The van der Waals surface area contributed by atoms with E-state index < -0.39 is 0 Å². The minimum atomic E-state index is -0.210. The van der Waals surface area contributed by atoms with E-state index in [1.54, 1.807) is 12.4 Å². The molecule has 0 aliphatic heterocycles. The van der Waals surface area contributed by atoms with E-state index in [0.29, 0.717) is 10.6 Å². The van der Waals surface area contributed by atoms with Crippen LogP contribution in [0.3, 0.4) is 0 Å². The third kappa shape index (κ3) is 2.64. The predicted octanol–water partition coefficient (Wildman–Crippen LogP) is 4.20. The van der Waals surface area contributed by atoms with Crippen molar-refractivity contribution in [3.8, 4) is 0 Å². The summed E-state index contributed by atoms with van der Waals surface area (Å²) in [4.78, 5) is 17.0. The highest BCUT2D eigenvalue weighted by molar-refractivity contribution is 9.10. The van der Waals surface area contributed by atoms with Crippen LogP contribution in [-0.2, 0) is 0 Å². The van der Waals surface area contributed by atoms with Crippen molar-refractivity contribution in [2.45, 2.75) is 6.92 Å². The quantitative estimate of drug-likeness (QED) is 0.718. The van der Waals surface area contributed by atoms with Gasteiger partial charge in [0.25, 0.3) is 5.91 Å². The van der Waals surface area contributed by atoms with Crippen LogP contribution in [0, 0.1) is 6.92 Å². The summed E-state index contributed by atoms with van der Waals surface area (Å²) in [5.74, 6) is -0.210. The Balaban J connectivity index is 1.95. The van der Waals surface area contributed by atoms with E-state index in [1.807, 2.05) is 31.2 Å². The topological polar surface area (TPSA) is 68.0 Å². The van der Waals surface area contributed by atoms with Crippen LogP contribution >= 0.6 is 27.3 Å². The zero-order valence-electron chi connectivity index (χ0n) is 11.2. The smallest absolute Gasteiger partial charge is 0.267 e. The molecule has 0 aliphatic carbocycles. The number of carbonyl (C=O) groups is 1. The lowest BCUT2D eigenvalue weighted by Crippen LogP contribution is -2.12. The minimum absolute atomic E-state index is 0.210. The first-order valence-electron chi connectivity index (χ1n) is 6.26. The molecule has 0 aliphatic rings. The Morgan fingerprint density at radius 2 is 2.19 bits per heavy atom. The van der Waals surface area contributed by atoms with Crippen molar-refractivity contribution < 1.29 is 4.79 Å². The Hall–Kier alpha value is -1.92. The maximum absolute atomic E-state index is 12.4. The molecule has 0 spiro atoms. The van der Waals surface area contributed by atoms with Gasteiger partial charge < -0.3 is 11.1 Å². The van der Waals surface area contributed by atoms with Gasteiger partial charge in [0.05, 0.1) is 16.1 Å². The van der Waals surface area contributed by atoms with Crippen LogP contribution in [-0.4, -0.2) is 10.9 Å². The second-order valence-electron chi connectivity index (χ2n) is 4.65. The fourth-order valence-electron chi connectivity index (χ4n) is 2.04. The van der Waals surface area contributed by atoms with E-state index in [1.165, 1.54) is 11.3 Å². The molecule has 6 heteroatoms. The van der Waals surface area contributed by atoms with E-state index in [9.17, 15) is 4.79 Å². The predicted molar refractivity (Wildman–Crippen MR) is 90.9 cm³/mol. The molecule has 0 bridgehead atoms. The molecule has 106 valence electrons. The Morgan fingerprint density at radius 1 is 1.38 bits per heavy atom. The number of nitrogens with zero attached hydrogens (tertiary/aromatic N) is 1. The summed E-state index contributed by atoms with van der Waals surface area (Å²) >= 11 is 4.79. The number of nitrogen functional groups attached to an aromatic ring is 1. The zero-order chi connectivity index (χ0) is 15.0. The number of nitrogens with one attached hydrogen (secondary N) is 1. The summed E-state index contributed by atoms with van der Waals surface area (Å²) in [6.07, 6.45) is 3.39.